The molecule has 1 aromatic rings. The van der Waals surface area contributed by atoms with Crippen molar-refractivity contribution in [2.24, 2.45) is 5.92 Å². The van der Waals surface area contributed by atoms with Gasteiger partial charge >= 0.3 is 0 Å². The normalized spacial score (nSPS) is 16.5. The Morgan fingerprint density at radius 2 is 2.18 bits per heavy atom. The molecule has 0 unspecified atom stereocenters. The smallest absolute Gasteiger partial charge is 0.257 e. The fourth-order valence-corrected chi connectivity index (χ4v) is 3.53. The zero-order valence-corrected chi connectivity index (χ0v) is 13.6. The van der Waals surface area contributed by atoms with Gasteiger partial charge in [-0.15, -0.1) is 0 Å². The van der Waals surface area contributed by atoms with E-state index in [4.69, 9.17) is 5.26 Å². The summed E-state index contributed by atoms with van der Waals surface area (Å²) in [6.45, 7) is 0. The minimum absolute atomic E-state index is 0.248. The number of hydrogen-bond acceptors (Lipinski definition) is 4. The summed E-state index contributed by atoms with van der Waals surface area (Å²) >= 11 is 1.44. The maximum absolute atomic E-state index is 12.3. The van der Waals surface area contributed by atoms with Crippen molar-refractivity contribution in [3.05, 3.63) is 22.4 Å². The Labute approximate surface area is 134 Å². The van der Waals surface area contributed by atoms with Gasteiger partial charge in [0.15, 0.2) is 6.19 Å². The van der Waals surface area contributed by atoms with Crippen molar-refractivity contribution >= 4 is 23.2 Å². The second kappa shape index (κ2) is 7.95. The molecule has 0 spiro atoms. The Balaban J connectivity index is 2.05. The van der Waals surface area contributed by atoms with Crippen LogP contribution in [-0.4, -0.2) is 29.8 Å². The predicted molar refractivity (Wildman–Crippen MR) is 85.1 cm³/mol. The predicted octanol–water partition coefficient (Wildman–Crippen LogP) is 2.76. The molecule has 0 radical (unpaired) electrons. The van der Waals surface area contributed by atoms with Crippen LogP contribution in [0.5, 0.6) is 0 Å². The summed E-state index contributed by atoms with van der Waals surface area (Å²) in [6, 6.07) is 1.11. The Morgan fingerprint density at radius 1 is 1.45 bits per heavy atom. The number of carbonyl (C=O) groups is 2. The first-order valence-corrected chi connectivity index (χ1v) is 8.56. The van der Waals surface area contributed by atoms with Crippen LogP contribution in [0.1, 0.15) is 48.9 Å². The summed E-state index contributed by atoms with van der Waals surface area (Å²) < 4.78 is 0. The van der Waals surface area contributed by atoms with Crippen LogP contribution in [0.4, 0.5) is 0 Å². The van der Waals surface area contributed by atoms with E-state index in [0.29, 0.717) is 17.9 Å². The second-order valence-electron chi connectivity index (χ2n) is 5.78. The molecule has 6 heteroatoms. The molecule has 1 saturated carbocycles. The molecular weight excluding hydrogens is 298 g/mol. The summed E-state index contributed by atoms with van der Waals surface area (Å²) in [5.41, 5.74) is 0.561. The summed E-state index contributed by atoms with van der Waals surface area (Å²) in [7, 11) is 1.44. The lowest BCUT2D eigenvalue weighted by molar-refractivity contribution is -0.129. The molecule has 5 nitrogen and oxygen atoms in total. The molecule has 118 valence electrons. The summed E-state index contributed by atoms with van der Waals surface area (Å²) in [5, 5.41) is 15.3. The van der Waals surface area contributed by atoms with Crippen molar-refractivity contribution in [2.75, 3.05) is 7.05 Å². The van der Waals surface area contributed by atoms with Crippen LogP contribution in [0.3, 0.4) is 0 Å². The Kier molecular flexibility index (Phi) is 5.96. The van der Waals surface area contributed by atoms with E-state index in [1.165, 1.54) is 37.6 Å². The number of hydrogen-bond donors (Lipinski definition) is 1. The van der Waals surface area contributed by atoms with Gasteiger partial charge in [0.2, 0.25) is 0 Å². The van der Waals surface area contributed by atoms with Gasteiger partial charge in [0.05, 0.1) is 5.56 Å². The average Bonchev–Trinajstić information content (AvgIpc) is 3.08. The van der Waals surface area contributed by atoms with Crippen LogP contribution in [-0.2, 0) is 4.79 Å². The number of carbonyl (C=O) groups excluding carboxylic acids is 2. The van der Waals surface area contributed by atoms with Crippen molar-refractivity contribution in [2.45, 2.75) is 44.6 Å². The minimum atomic E-state index is -0.625. The number of nitriles is 1. The van der Waals surface area contributed by atoms with Gasteiger partial charge in [-0.1, -0.05) is 32.1 Å². The third kappa shape index (κ3) is 4.31. The lowest BCUT2D eigenvalue weighted by atomic mass is 9.84. The number of nitrogens with zero attached hydrogens (tertiary/aromatic N) is 2. The van der Waals surface area contributed by atoms with E-state index in [-0.39, 0.29) is 11.8 Å². The van der Waals surface area contributed by atoms with Crippen LogP contribution < -0.4 is 5.32 Å². The number of thiophene rings is 1. The number of amides is 2. The Bertz CT molecular complexity index is 544. The highest BCUT2D eigenvalue weighted by atomic mass is 32.1. The van der Waals surface area contributed by atoms with Crippen molar-refractivity contribution < 1.29 is 9.59 Å². The highest BCUT2D eigenvalue weighted by Crippen LogP contribution is 2.27. The third-order valence-corrected chi connectivity index (χ3v) is 4.84. The SMILES string of the molecule is CN(C#N)C(=O)[C@H](CC1CCCCC1)NC(=O)c1ccsc1. The van der Waals surface area contributed by atoms with Crippen LogP contribution in [0.25, 0.3) is 0 Å². The molecule has 0 saturated heterocycles. The molecule has 1 N–H and O–H groups in total. The number of likely N-dealkylation sites (N-methyl/N-ethyl adjacent to an activating group) is 1. The maximum atomic E-state index is 12.3. The second-order valence-corrected chi connectivity index (χ2v) is 6.56. The first-order valence-electron chi connectivity index (χ1n) is 7.62. The van der Waals surface area contributed by atoms with E-state index in [9.17, 15) is 9.59 Å². The Hall–Kier alpha value is -1.87. The van der Waals surface area contributed by atoms with E-state index in [1.807, 2.05) is 11.6 Å². The van der Waals surface area contributed by atoms with Crippen LogP contribution in [0.15, 0.2) is 16.8 Å². The Morgan fingerprint density at radius 3 is 2.77 bits per heavy atom. The molecule has 1 atom stereocenters. The fraction of sp³-hybridized carbons (Fsp3) is 0.562. The van der Waals surface area contributed by atoms with Crippen molar-refractivity contribution in [3.63, 3.8) is 0 Å². The zero-order chi connectivity index (χ0) is 15.9. The highest BCUT2D eigenvalue weighted by Gasteiger charge is 2.28. The quantitative estimate of drug-likeness (QED) is 0.670. The summed E-state index contributed by atoms with van der Waals surface area (Å²) in [4.78, 5) is 25.6. The molecule has 1 fully saturated rings. The first-order chi connectivity index (χ1) is 10.6. The van der Waals surface area contributed by atoms with Crippen LogP contribution in [0.2, 0.25) is 0 Å². The molecule has 1 heterocycles. The van der Waals surface area contributed by atoms with Gasteiger partial charge in [-0.25, -0.2) is 0 Å². The van der Waals surface area contributed by atoms with Crippen LogP contribution >= 0.6 is 11.3 Å². The van der Waals surface area contributed by atoms with E-state index >= 15 is 0 Å². The minimum Gasteiger partial charge on any atom is -0.340 e. The number of rotatable bonds is 5. The van der Waals surface area contributed by atoms with Gasteiger partial charge in [0.1, 0.15) is 6.04 Å². The molecule has 2 rings (SSSR count). The molecule has 1 aliphatic rings. The molecular formula is C16H21N3O2S. The molecule has 22 heavy (non-hydrogen) atoms. The van der Waals surface area contributed by atoms with Gasteiger partial charge in [-0.05, 0) is 23.8 Å². The topological polar surface area (TPSA) is 73.2 Å². The van der Waals surface area contributed by atoms with Gasteiger partial charge in [0.25, 0.3) is 11.8 Å². The molecule has 1 aromatic heterocycles. The van der Waals surface area contributed by atoms with E-state index in [1.54, 1.807) is 11.4 Å². The van der Waals surface area contributed by atoms with Gasteiger partial charge in [-0.3, -0.25) is 14.5 Å². The maximum Gasteiger partial charge on any atom is 0.257 e. The first kappa shape index (κ1) is 16.5. The molecule has 0 aromatic carbocycles. The standard InChI is InChI=1S/C16H21N3O2S/c1-19(11-17)16(21)14(9-12-5-3-2-4-6-12)18-15(20)13-7-8-22-10-13/h7-8,10,12,14H,2-6,9H2,1H3,(H,18,20)/t14-/m0/s1. The monoisotopic (exact) mass is 319 g/mol. The summed E-state index contributed by atoms with van der Waals surface area (Å²) in [5.74, 6) is -0.143. The van der Waals surface area contributed by atoms with E-state index in [2.05, 4.69) is 5.32 Å². The average molecular weight is 319 g/mol. The highest BCUT2D eigenvalue weighted by molar-refractivity contribution is 7.08. The van der Waals surface area contributed by atoms with E-state index < -0.39 is 6.04 Å². The lowest BCUT2D eigenvalue weighted by Gasteiger charge is -2.27. The van der Waals surface area contributed by atoms with Crippen molar-refractivity contribution in [1.29, 1.82) is 5.26 Å². The molecule has 2 amide bonds. The summed E-state index contributed by atoms with van der Waals surface area (Å²) in [6.07, 6.45) is 8.22. The molecule has 1 aliphatic carbocycles. The van der Waals surface area contributed by atoms with Crippen molar-refractivity contribution in [3.8, 4) is 6.19 Å². The van der Waals surface area contributed by atoms with Gasteiger partial charge in [0, 0.05) is 12.4 Å². The molecule has 0 aliphatic heterocycles. The van der Waals surface area contributed by atoms with Gasteiger partial charge in [-0.2, -0.15) is 16.6 Å². The van der Waals surface area contributed by atoms with Crippen molar-refractivity contribution in [1.82, 2.24) is 10.2 Å². The van der Waals surface area contributed by atoms with Gasteiger partial charge < -0.3 is 5.32 Å². The lowest BCUT2D eigenvalue weighted by Crippen LogP contribution is -2.47. The number of nitrogens with one attached hydrogen (secondary N) is 1. The van der Waals surface area contributed by atoms with E-state index in [0.717, 1.165) is 17.7 Å². The fourth-order valence-electron chi connectivity index (χ4n) is 2.90. The largest absolute Gasteiger partial charge is 0.340 e. The third-order valence-electron chi connectivity index (χ3n) is 4.16. The van der Waals surface area contributed by atoms with Crippen LogP contribution in [0, 0.1) is 17.4 Å². The zero-order valence-electron chi connectivity index (χ0n) is 12.7. The molecule has 0 bridgehead atoms.